The Kier molecular flexibility index (Phi) is 5.35. The molecular weight excluding hydrogens is 376 g/mol. The number of hydrogen-bond acceptors (Lipinski definition) is 5. The number of anilines is 2. The fourth-order valence-corrected chi connectivity index (χ4v) is 2.96. The normalized spacial score (nSPS) is 10.4. The summed E-state index contributed by atoms with van der Waals surface area (Å²) < 4.78 is 12.0. The first-order valence-corrected chi connectivity index (χ1v) is 9.40. The molecule has 4 rings (SSSR count). The third-order valence-corrected chi connectivity index (χ3v) is 4.45. The maximum atomic E-state index is 13.0. The molecule has 0 atom stereocenters. The van der Waals surface area contributed by atoms with E-state index in [0.29, 0.717) is 45.5 Å². The molecule has 0 spiro atoms. The van der Waals surface area contributed by atoms with Crippen LogP contribution in [0.25, 0.3) is 0 Å². The Labute approximate surface area is 174 Å². The van der Waals surface area contributed by atoms with Crippen LogP contribution in [0.1, 0.15) is 15.9 Å². The van der Waals surface area contributed by atoms with E-state index in [1.165, 1.54) is 0 Å². The van der Waals surface area contributed by atoms with Crippen molar-refractivity contribution in [3.8, 4) is 23.0 Å². The maximum absolute atomic E-state index is 13.0. The maximum Gasteiger partial charge on any atom is 0.193 e. The van der Waals surface area contributed by atoms with Gasteiger partial charge in [0.05, 0.1) is 5.69 Å². The van der Waals surface area contributed by atoms with Crippen LogP contribution in [-0.2, 0) is 0 Å². The van der Waals surface area contributed by atoms with E-state index in [9.17, 15) is 4.79 Å². The molecule has 0 fully saturated rings. The van der Waals surface area contributed by atoms with Crippen molar-refractivity contribution >= 4 is 17.2 Å². The van der Waals surface area contributed by atoms with E-state index < -0.39 is 0 Å². The number of hydrogen-bond donors (Lipinski definition) is 2. The minimum atomic E-state index is -0.189. The largest absolute Gasteiger partial charge is 0.453 e. The number of nitrogen functional groups attached to an aromatic ring is 2. The number of ether oxygens (including phenoxy) is 2. The fourth-order valence-electron chi connectivity index (χ4n) is 2.96. The van der Waals surface area contributed by atoms with Gasteiger partial charge in [-0.1, -0.05) is 36.4 Å². The molecule has 30 heavy (non-hydrogen) atoms. The van der Waals surface area contributed by atoms with Crippen LogP contribution < -0.4 is 20.9 Å². The van der Waals surface area contributed by atoms with Gasteiger partial charge in [0, 0.05) is 16.8 Å². The zero-order valence-electron chi connectivity index (χ0n) is 16.1. The Morgan fingerprint density at radius 2 is 1.20 bits per heavy atom. The van der Waals surface area contributed by atoms with E-state index in [4.69, 9.17) is 20.9 Å². The number of ketones is 1. The molecule has 4 N–H and O–H groups in total. The summed E-state index contributed by atoms with van der Waals surface area (Å²) in [6, 6.07) is 28.5. The van der Waals surface area contributed by atoms with Gasteiger partial charge in [-0.25, -0.2) is 0 Å². The Morgan fingerprint density at radius 3 is 1.80 bits per heavy atom. The van der Waals surface area contributed by atoms with Crippen molar-refractivity contribution < 1.29 is 14.3 Å². The van der Waals surface area contributed by atoms with E-state index in [1.807, 2.05) is 60.7 Å². The molecule has 4 aromatic rings. The summed E-state index contributed by atoms with van der Waals surface area (Å²) >= 11 is 0. The number of carbonyl (C=O) groups excluding carboxylic acids is 1. The molecular formula is C25H20N2O3. The zero-order chi connectivity index (χ0) is 20.9. The van der Waals surface area contributed by atoms with Crippen molar-refractivity contribution in [1.29, 1.82) is 0 Å². The van der Waals surface area contributed by atoms with E-state index in [2.05, 4.69) is 0 Å². The first kappa shape index (κ1) is 19.1. The first-order valence-electron chi connectivity index (χ1n) is 9.40. The second-order valence-corrected chi connectivity index (χ2v) is 6.67. The summed E-state index contributed by atoms with van der Waals surface area (Å²) in [6.07, 6.45) is 0. The van der Waals surface area contributed by atoms with Crippen molar-refractivity contribution in [2.75, 3.05) is 11.5 Å². The Bertz CT molecular complexity index is 1160. The molecule has 0 aliphatic carbocycles. The van der Waals surface area contributed by atoms with Crippen molar-refractivity contribution in [3.63, 3.8) is 0 Å². The SMILES string of the molecule is Nc1ccc(C(=O)c2cc(N)c(Oc3ccccc3)c(Oc3ccccc3)c2)cc1. The molecule has 0 unspecified atom stereocenters. The average Bonchev–Trinajstić information content (AvgIpc) is 2.77. The van der Waals surface area contributed by atoms with Crippen molar-refractivity contribution in [2.45, 2.75) is 0 Å². The highest BCUT2D eigenvalue weighted by atomic mass is 16.5. The van der Waals surface area contributed by atoms with Gasteiger partial charge < -0.3 is 20.9 Å². The summed E-state index contributed by atoms with van der Waals surface area (Å²) in [7, 11) is 0. The molecule has 0 radical (unpaired) electrons. The highest BCUT2D eigenvalue weighted by Gasteiger charge is 2.18. The molecule has 5 nitrogen and oxygen atoms in total. The third-order valence-electron chi connectivity index (χ3n) is 4.45. The Morgan fingerprint density at radius 1 is 0.633 bits per heavy atom. The van der Waals surface area contributed by atoms with Gasteiger partial charge in [0.15, 0.2) is 17.3 Å². The summed E-state index contributed by atoms with van der Waals surface area (Å²) in [5.41, 5.74) is 13.8. The topological polar surface area (TPSA) is 87.6 Å². The van der Waals surface area contributed by atoms with Gasteiger partial charge in [-0.3, -0.25) is 4.79 Å². The highest BCUT2D eigenvalue weighted by molar-refractivity contribution is 6.10. The molecule has 148 valence electrons. The predicted molar refractivity (Wildman–Crippen MR) is 118 cm³/mol. The summed E-state index contributed by atoms with van der Waals surface area (Å²) in [6.45, 7) is 0. The molecule has 0 aromatic heterocycles. The number of carbonyl (C=O) groups is 1. The predicted octanol–water partition coefficient (Wildman–Crippen LogP) is 5.67. The first-order chi connectivity index (χ1) is 14.6. The van der Waals surface area contributed by atoms with Gasteiger partial charge >= 0.3 is 0 Å². The van der Waals surface area contributed by atoms with Crippen molar-refractivity contribution in [3.05, 3.63) is 108 Å². The van der Waals surface area contributed by atoms with Crippen LogP contribution in [0.15, 0.2) is 97.1 Å². The lowest BCUT2D eigenvalue weighted by Crippen LogP contribution is -2.05. The molecule has 5 heteroatoms. The lowest BCUT2D eigenvalue weighted by atomic mass is 10.0. The molecule has 4 aromatic carbocycles. The van der Waals surface area contributed by atoms with Gasteiger partial charge in [-0.2, -0.15) is 0 Å². The van der Waals surface area contributed by atoms with Crippen LogP contribution in [0.2, 0.25) is 0 Å². The minimum absolute atomic E-state index is 0.189. The summed E-state index contributed by atoms with van der Waals surface area (Å²) in [5.74, 6) is 1.72. The minimum Gasteiger partial charge on any atom is -0.453 e. The van der Waals surface area contributed by atoms with Crippen molar-refractivity contribution in [2.24, 2.45) is 0 Å². The number of benzene rings is 4. The lowest BCUT2D eigenvalue weighted by molar-refractivity contribution is 0.103. The van der Waals surface area contributed by atoms with E-state index in [1.54, 1.807) is 36.4 Å². The highest BCUT2D eigenvalue weighted by Crippen LogP contribution is 2.41. The molecule has 0 saturated carbocycles. The monoisotopic (exact) mass is 396 g/mol. The summed E-state index contributed by atoms with van der Waals surface area (Å²) in [4.78, 5) is 13.0. The van der Waals surface area contributed by atoms with Crippen LogP contribution in [0, 0.1) is 0 Å². The Balaban J connectivity index is 1.76. The number of para-hydroxylation sites is 2. The second-order valence-electron chi connectivity index (χ2n) is 6.67. The summed E-state index contributed by atoms with van der Waals surface area (Å²) in [5, 5.41) is 0. The molecule has 0 amide bonds. The molecule has 0 saturated heterocycles. The fraction of sp³-hybridized carbons (Fsp3) is 0. The van der Waals surface area contributed by atoms with Crippen LogP contribution in [-0.4, -0.2) is 5.78 Å². The number of rotatable bonds is 6. The van der Waals surface area contributed by atoms with Gasteiger partial charge in [0.1, 0.15) is 11.5 Å². The molecule has 0 aliphatic rings. The standard InChI is InChI=1S/C25H20N2O3/c26-19-13-11-17(12-14-19)24(28)18-15-22(27)25(30-21-9-5-2-6-10-21)23(16-18)29-20-7-3-1-4-8-20/h1-16H,26-27H2. The lowest BCUT2D eigenvalue weighted by Gasteiger charge is -2.16. The van der Waals surface area contributed by atoms with Crippen LogP contribution in [0.5, 0.6) is 23.0 Å². The van der Waals surface area contributed by atoms with E-state index in [-0.39, 0.29) is 5.78 Å². The zero-order valence-corrected chi connectivity index (χ0v) is 16.1. The smallest absolute Gasteiger partial charge is 0.193 e. The molecule has 0 aliphatic heterocycles. The number of nitrogens with two attached hydrogens (primary N) is 2. The van der Waals surface area contributed by atoms with Crippen LogP contribution >= 0.6 is 0 Å². The van der Waals surface area contributed by atoms with Gasteiger partial charge in [0.2, 0.25) is 0 Å². The van der Waals surface area contributed by atoms with E-state index >= 15 is 0 Å². The molecule has 0 heterocycles. The van der Waals surface area contributed by atoms with E-state index in [0.717, 1.165) is 0 Å². The van der Waals surface area contributed by atoms with Gasteiger partial charge in [-0.05, 0) is 60.7 Å². The Hall–Kier alpha value is -4.25. The van der Waals surface area contributed by atoms with Crippen LogP contribution in [0.3, 0.4) is 0 Å². The average molecular weight is 396 g/mol. The van der Waals surface area contributed by atoms with Crippen LogP contribution in [0.4, 0.5) is 11.4 Å². The quantitative estimate of drug-likeness (QED) is 0.324. The van der Waals surface area contributed by atoms with Gasteiger partial charge in [0.25, 0.3) is 0 Å². The second kappa shape index (κ2) is 8.41. The van der Waals surface area contributed by atoms with Crippen molar-refractivity contribution in [1.82, 2.24) is 0 Å². The molecule has 0 bridgehead atoms. The van der Waals surface area contributed by atoms with Gasteiger partial charge in [-0.15, -0.1) is 0 Å². The third kappa shape index (κ3) is 4.25.